The summed E-state index contributed by atoms with van der Waals surface area (Å²) in [5, 5.41) is 19.4. The fourth-order valence-corrected chi connectivity index (χ4v) is 4.40. The largest absolute Gasteiger partial charge is 0.508 e. The van der Waals surface area contributed by atoms with E-state index in [1.165, 1.54) is 16.3 Å². The van der Waals surface area contributed by atoms with Crippen molar-refractivity contribution in [1.82, 2.24) is 5.32 Å². The summed E-state index contributed by atoms with van der Waals surface area (Å²) in [4.78, 5) is 0. The van der Waals surface area contributed by atoms with E-state index >= 15 is 0 Å². The van der Waals surface area contributed by atoms with Crippen molar-refractivity contribution in [2.24, 2.45) is 0 Å². The lowest BCUT2D eigenvalue weighted by atomic mass is 9.91. The van der Waals surface area contributed by atoms with Crippen LogP contribution in [0.25, 0.3) is 21.5 Å². The maximum Gasteiger partial charge on any atom is 0.121 e. The molecule has 0 aliphatic rings. The Morgan fingerprint density at radius 2 is 1.26 bits per heavy atom. The Hall–Kier alpha value is -3.62. The number of aromatic hydroxyl groups is 1. The molecule has 152 valence electrons. The van der Waals surface area contributed by atoms with E-state index in [2.05, 4.69) is 79.0 Å². The Bertz CT molecular complexity index is 1340. The fourth-order valence-electron chi connectivity index (χ4n) is 4.40. The average molecular weight is 404 g/mol. The molecule has 5 aromatic rings. The summed E-state index contributed by atoms with van der Waals surface area (Å²) in [6, 6.07) is 37.4. The van der Waals surface area contributed by atoms with E-state index in [1.54, 1.807) is 6.07 Å². The first-order valence-corrected chi connectivity index (χ1v) is 10.7. The normalized spacial score (nSPS) is 13.3. The minimum Gasteiger partial charge on any atom is -0.508 e. The molecule has 2 N–H and O–H groups in total. The molecule has 2 atom stereocenters. The van der Waals surface area contributed by atoms with Crippen molar-refractivity contribution in [2.75, 3.05) is 0 Å². The highest BCUT2D eigenvalue weighted by atomic mass is 16.3. The van der Waals surface area contributed by atoms with Crippen LogP contribution in [0, 0.1) is 0 Å². The Labute approximate surface area is 182 Å². The van der Waals surface area contributed by atoms with Crippen molar-refractivity contribution in [3.05, 3.63) is 126 Å². The Morgan fingerprint density at radius 1 is 0.613 bits per heavy atom. The first-order chi connectivity index (χ1) is 15.2. The van der Waals surface area contributed by atoms with Crippen molar-refractivity contribution in [2.45, 2.75) is 19.0 Å². The van der Waals surface area contributed by atoms with Crippen LogP contribution in [0.15, 0.2) is 109 Å². The second-order valence-electron chi connectivity index (χ2n) is 8.06. The predicted octanol–water partition coefficient (Wildman–Crippen LogP) is 7.14. The second-order valence-corrected chi connectivity index (χ2v) is 8.06. The first-order valence-electron chi connectivity index (χ1n) is 10.7. The lowest BCUT2D eigenvalue weighted by Gasteiger charge is -2.27. The van der Waals surface area contributed by atoms with E-state index in [4.69, 9.17) is 0 Å². The predicted molar refractivity (Wildman–Crippen MR) is 129 cm³/mol. The van der Waals surface area contributed by atoms with Gasteiger partial charge >= 0.3 is 0 Å². The highest BCUT2D eigenvalue weighted by Crippen LogP contribution is 2.37. The van der Waals surface area contributed by atoms with Gasteiger partial charge in [-0.1, -0.05) is 97.1 Å². The zero-order valence-corrected chi connectivity index (χ0v) is 17.5. The van der Waals surface area contributed by atoms with E-state index in [9.17, 15) is 5.11 Å². The first kappa shape index (κ1) is 19.3. The van der Waals surface area contributed by atoms with Gasteiger partial charge in [0.1, 0.15) is 5.75 Å². The van der Waals surface area contributed by atoms with Crippen molar-refractivity contribution in [1.29, 1.82) is 0 Å². The zero-order chi connectivity index (χ0) is 21.2. The summed E-state index contributed by atoms with van der Waals surface area (Å²) < 4.78 is 0. The average Bonchev–Trinajstić information content (AvgIpc) is 2.83. The van der Waals surface area contributed by atoms with Crippen LogP contribution in [0.2, 0.25) is 0 Å². The molecule has 0 fully saturated rings. The number of nitrogens with one attached hydrogen (secondary N) is 1. The molecule has 31 heavy (non-hydrogen) atoms. The molecule has 0 bridgehead atoms. The summed E-state index contributed by atoms with van der Waals surface area (Å²) in [5.41, 5.74) is 3.26. The van der Waals surface area contributed by atoms with E-state index in [0.29, 0.717) is 5.75 Å². The van der Waals surface area contributed by atoms with Crippen molar-refractivity contribution < 1.29 is 5.11 Å². The van der Waals surface area contributed by atoms with E-state index in [1.807, 2.05) is 36.4 Å². The summed E-state index contributed by atoms with van der Waals surface area (Å²) >= 11 is 0. The molecular formula is C29H25NO. The Balaban J connectivity index is 1.60. The second kappa shape index (κ2) is 8.25. The molecule has 5 aromatic carbocycles. The summed E-state index contributed by atoms with van der Waals surface area (Å²) in [6.07, 6.45) is 0. The van der Waals surface area contributed by atoms with Gasteiger partial charge in [-0.2, -0.15) is 0 Å². The highest BCUT2D eigenvalue weighted by Gasteiger charge is 2.22. The van der Waals surface area contributed by atoms with E-state index < -0.39 is 0 Å². The highest BCUT2D eigenvalue weighted by molar-refractivity contribution is 5.88. The van der Waals surface area contributed by atoms with Crippen LogP contribution in [0.4, 0.5) is 0 Å². The number of hydrogen-bond donors (Lipinski definition) is 2. The van der Waals surface area contributed by atoms with Gasteiger partial charge in [-0.15, -0.1) is 0 Å². The number of fused-ring (bicyclic) bond motifs is 2. The van der Waals surface area contributed by atoms with Gasteiger partial charge < -0.3 is 5.11 Å². The minimum atomic E-state index is -0.145. The lowest BCUT2D eigenvalue weighted by Crippen LogP contribution is -2.26. The standard InChI is InChI=1S/C29H25NO/c1-20(24-16-15-21-9-5-6-13-25(21)19-24)30-29(23-11-3-2-4-12-23)28-26-14-8-7-10-22(26)17-18-27(28)31/h2-20,29-31H,1H3/t20-,29-/m1/s1. The van der Waals surface area contributed by atoms with Crippen LogP contribution in [0.3, 0.4) is 0 Å². The van der Waals surface area contributed by atoms with Crippen molar-refractivity contribution in [3.63, 3.8) is 0 Å². The monoisotopic (exact) mass is 403 g/mol. The molecule has 0 aliphatic heterocycles. The fraction of sp³-hybridized carbons (Fsp3) is 0.103. The van der Waals surface area contributed by atoms with Crippen molar-refractivity contribution >= 4 is 21.5 Å². The molecule has 0 spiro atoms. The molecule has 5 rings (SSSR count). The van der Waals surface area contributed by atoms with Crippen LogP contribution in [0.5, 0.6) is 5.75 Å². The van der Waals surface area contributed by atoms with Crippen LogP contribution >= 0.6 is 0 Å². The number of phenols is 1. The number of benzene rings is 5. The van der Waals surface area contributed by atoms with Gasteiger partial charge in [-0.3, -0.25) is 5.32 Å². The van der Waals surface area contributed by atoms with Crippen LogP contribution < -0.4 is 5.32 Å². The molecule has 0 unspecified atom stereocenters. The molecule has 0 saturated carbocycles. The van der Waals surface area contributed by atoms with Gasteiger partial charge in [0.25, 0.3) is 0 Å². The molecule has 0 radical (unpaired) electrons. The summed E-state index contributed by atoms with van der Waals surface area (Å²) in [5.74, 6) is 0.311. The third kappa shape index (κ3) is 3.78. The van der Waals surface area contributed by atoms with E-state index in [-0.39, 0.29) is 12.1 Å². The van der Waals surface area contributed by atoms with Crippen LogP contribution in [-0.4, -0.2) is 5.11 Å². The molecule has 0 aliphatic carbocycles. The minimum absolute atomic E-state index is 0.0909. The Morgan fingerprint density at radius 3 is 2.06 bits per heavy atom. The van der Waals surface area contributed by atoms with Gasteiger partial charge in [0.15, 0.2) is 0 Å². The van der Waals surface area contributed by atoms with Gasteiger partial charge in [0.05, 0.1) is 6.04 Å². The van der Waals surface area contributed by atoms with E-state index in [0.717, 1.165) is 21.9 Å². The smallest absolute Gasteiger partial charge is 0.121 e. The summed E-state index contributed by atoms with van der Waals surface area (Å²) in [6.45, 7) is 2.18. The molecule has 0 amide bonds. The van der Waals surface area contributed by atoms with Gasteiger partial charge in [0, 0.05) is 11.6 Å². The lowest BCUT2D eigenvalue weighted by molar-refractivity contribution is 0.449. The third-order valence-corrected chi connectivity index (χ3v) is 6.06. The van der Waals surface area contributed by atoms with Crippen LogP contribution in [-0.2, 0) is 0 Å². The van der Waals surface area contributed by atoms with Gasteiger partial charge in [-0.25, -0.2) is 0 Å². The topological polar surface area (TPSA) is 32.3 Å². The zero-order valence-electron chi connectivity index (χ0n) is 17.5. The number of phenolic OH excluding ortho intramolecular Hbond substituents is 1. The summed E-state index contributed by atoms with van der Waals surface area (Å²) in [7, 11) is 0. The van der Waals surface area contributed by atoms with Crippen molar-refractivity contribution in [3.8, 4) is 5.75 Å². The molecule has 0 saturated heterocycles. The maximum absolute atomic E-state index is 10.9. The van der Waals surface area contributed by atoms with Gasteiger partial charge in [-0.05, 0) is 51.7 Å². The number of rotatable bonds is 5. The molecular weight excluding hydrogens is 378 g/mol. The quantitative estimate of drug-likeness (QED) is 0.327. The maximum atomic E-state index is 10.9. The third-order valence-electron chi connectivity index (χ3n) is 6.06. The SMILES string of the molecule is C[C@@H](N[C@H](c1ccccc1)c1c(O)ccc2ccccc12)c1ccc2ccccc2c1. The van der Waals surface area contributed by atoms with Crippen LogP contribution in [0.1, 0.15) is 35.7 Å². The molecule has 0 heterocycles. The number of hydrogen-bond acceptors (Lipinski definition) is 2. The molecule has 2 nitrogen and oxygen atoms in total. The van der Waals surface area contributed by atoms with Gasteiger partial charge in [0.2, 0.25) is 0 Å². The Kier molecular flexibility index (Phi) is 5.15. The molecule has 2 heteroatoms. The molecule has 0 aromatic heterocycles.